The smallest absolute Gasteiger partial charge is 0.250 e. The number of pyridine rings is 1. The zero-order valence-electron chi connectivity index (χ0n) is 18.4. The molecule has 2 heterocycles. The van der Waals surface area contributed by atoms with Crippen molar-refractivity contribution in [2.24, 2.45) is 16.3 Å². The maximum Gasteiger partial charge on any atom is 0.250 e. The molecular weight excluding hydrogens is 479 g/mol. The lowest BCUT2D eigenvalue weighted by molar-refractivity contribution is -0.0823. The molecule has 29 heavy (non-hydrogen) atoms. The molecule has 1 saturated heterocycles. The molecule has 1 aromatic rings. The highest BCUT2D eigenvalue weighted by Crippen LogP contribution is 2.34. The van der Waals surface area contributed by atoms with Gasteiger partial charge in [0.25, 0.3) is 0 Å². The molecule has 0 spiro atoms. The van der Waals surface area contributed by atoms with E-state index in [2.05, 4.69) is 38.3 Å². The summed E-state index contributed by atoms with van der Waals surface area (Å²) in [5.41, 5.74) is 0.204. The number of nitrogens with zero attached hydrogens (tertiary/aromatic N) is 2. The fourth-order valence-corrected chi connectivity index (χ4v) is 3.80. The number of hydrogen-bond donors (Lipinski definition) is 2. The number of rotatable bonds is 8. The van der Waals surface area contributed by atoms with E-state index in [-0.39, 0.29) is 41.1 Å². The number of unbranched alkanes of at least 4 members (excludes halogenated alkanes) is 1. The maximum atomic E-state index is 11.7. The van der Waals surface area contributed by atoms with E-state index in [0.29, 0.717) is 5.92 Å². The molecule has 0 radical (unpaired) electrons. The van der Waals surface area contributed by atoms with Gasteiger partial charge in [-0.3, -0.25) is 9.79 Å². The first kappa shape index (κ1) is 25.9. The second-order valence-electron chi connectivity index (χ2n) is 8.65. The lowest BCUT2D eigenvalue weighted by atomic mass is 9.78. The number of aryl methyl sites for hydroxylation is 1. The van der Waals surface area contributed by atoms with E-state index in [9.17, 15) is 4.79 Å². The second-order valence-corrected chi connectivity index (χ2v) is 8.65. The van der Waals surface area contributed by atoms with E-state index >= 15 is 0 Å². The van der Waals surface area contributed by atoms with Crippen LogP contribution in [-0.2, 0) is 11.3 Å². The van der Waals surface area contributed by atoms with Gasteiger partial charge in [0.15, 0.2) is 5.96 Å². The summed E-state index contributed by atoms with van der Waals surface area (Å²) in [6.45, 7) is 12.9. The predicted molar refractivity (Wildman–Crippen MR) is 131 cm³/mol. The highest BCUT2D eigenvalue weighted by molar-refractivity contribution is 14.0. The Morgan fingerprint density at radius 3 is 2.76 bits per heavy atom. The minimum Gasteiger partial charge on any atom is -0.377 e. The maximum absolute atomic E-state index is 11.7. The third kappa shape index (κ3) is 9.07. The molecule has 166 valence electrons. The Hall–Kier alpha value is -1.09. The van der Waals surface area contributed by atoms with Gasteiger partial charge in [0.1, 0.15) is 0 Å². The van der Waals surface area contributed by atoms with Crippen LogP contribution in [0.3, 0.4) is 0 Å². The topological polar surface area (TPSA) is 67.7 Å². The lowest BCUT2D eigenvalue weighted by Gasteiger charge is -2.39. The molecule has 7 heteroatoms. The van der Waals surface area contributed by atoms with Crippen molar-refractivity contribution in [2.75, 3.05) is 26.2 Å². The van der Waals surface area contributed by atoms with Crippen LogP contribution in [0.4, 0.5) is 0 Å². The van der Waals surface area contributed by atoms with Crippen molar-refractivity contribution in [3.05, 3.63) is 34.7 Å². The van der Waals surface area contributed by atoms with E-state index in [1.165, 1.54) is 6.42 Å². The van der Waals surface area contributed by atoms with Gasteiger partial charge >= 0.3 is 0 Å². The van der Waals surface area contributed by atoms with Crippen LogP contribution in [0.1, 0.15) is 53.4 Å². The fourth-order valence-electron chi connectivity index (χ4n) is 3.80. The Kier molecular flexibility index (Phi) is 11.9. The Morgan fingerprint density at radius 2 is 2.07 bits per heavy atom. The largest absolute Gasteiger partial charge is 0.377 e. The van der Waals surface area contributed by atoms with Gasteiger partial charge in [-0.15, -0.1) is 24.0 Å². The minimum atomic E-state index is 0. The van der Waals surface area contributed by atoms with Crippen molar-refractivity contribution in [3.63, 3.8) is 0 Å². The molecule has 1 aliphatic heterocycles. The van der Waals surface area contributed by atoms with E-state index in [1.807, 2.05) is 12.3 Å². The summed E-state index contributed by atoms with van der Waals surface area (Å²) in [5, 5.41) is 6.76. The molecule has 1 aliphatic rings. The van der Waals surface area contributed by atoms with Gasteiger partial charge in [-0.25, -0.2) is 0 Å². The molecule has 1 fully saturated rings. The number of guanidine groups is 1. The van der Waals surface area contributed by atoms with Gasteiger partial charge in [0, 0.05) is 51.0 Å². The van der Waals surface area contributed by atoms with Crippen LogP contribution in [0.25, 0.3) is 0 Å². The molecule has 2 unspecified atom stereocenters. The normalized spacial score (nSPS) is 20.1. The van der Waals surface area contributed by atoms with Crippen LogP contribution in [0.2, 0.25) is 0 Å². The summed E-state index contributed by atoms with van der Waals surface area (Å²) >= 11 is 0. The highest BCUT2D eigenvalue weighted by Gasteiger charge is 2.35. The van der Waals surface area contributed by atoms with Crippen molar-refractivity contribution in [2.45, 2.75) is 66.0 Å². The van der Waals surface area contributed by atoms with Crippen molar-refractivity contribution in [1.82, 2.24) is 15.2 Å². The van der Waals surface area contributed by atoms with Gasteiger partial charge in [-0.05, 0) is 44.1 Å². The Balaban J connectivity index is 0.00000420. The number of ether oxygens (including phenoxy) is 1. The standard InChI is InChI=1S/C22H38N4O2.HI/c1-5-23-21(24-13-7-9-15-26-14-8-6-12-19(26)27)25-17-18-11-10-16-28-20(18)22(2,3)4;/h6,8,12,14,18,20H,5,7,9-11,13,15-17H2,1-4H3,(H2,23,24,25);1H. The zero-order valence-corrected chi connectivity index (χ0v) is 20.8. The highest BCUT2D eigenvalue weighted by atomic mass is 127. The lowest BCUT2D eigenvalue weighted by Crippen LogP contribution is -2.43. The monoisotopic (exact) mass is 518 g/mol. The summed E-state index contributed by atoms with van der Waals surface area (Å²) in [7, 11) is 0. The van der Waals surface area contributed by atoms with E-state index in [4.69, 9.17) is 9.73 Å². The number of aliphatic imine (C=N–C) groups is 1. The number of halogens is 1. The number of aromatic nitrogens is 1. The molecule has 0 saturated carbocycles. The average Bonchev–Trinajstić information content (AvgIpc) is 2.66. The van der Waals surface area contributed by atoms with E-state index in [1.54, 1.807) is 16.7 Å². The third-order valence-electron chi connectivity index (χ3n) is 5.14. The van der Waals surface area contributed by atoms with Crippen LogP contribution in [0, 0.1) is 11.3 Å². The fraction of sp³-hybridized carbons (Fsp3) is 0.727. The summed E-state index contributed by atoms with van der Waals surface area (Å²) < 4.78 is 7.83. The molecule has 1 aromatic heterocycles. The second kappa shape index (κ2) is 13.3. The Morgan fingerprint density at radius 1 is 1.28 bits per heavy atom. The van der Waals surface area contributed by atoms with Crippen LogP contribution in [0.5, 0.6) is 0 Å². The summed E-state index contributed by atoms with van der Waals surface area (Å²) in [6.07, 6.45) is 6.35. The summed E-state index contributed by atoms with van der Waals surface area (Å²) in [4.78, 5) is 16.5. The van der Waals surface area contributed by atoms with Crippen LogP contribution in [-0.4, -0.2) is 42.9 Å². The summed E-state index contributed by atoms with van der Waals surface area (Å²) in [5.74, 6) is 1.34. The average molecular weight is 518 g/mol. The molecule has 0 aliphatic carbocycles. The molecule has 0 amide bonds. The van der Waals surface area contributed by atoms with Gasteiger partial charge < -0.3 is 19.9 Å². The van der Waals surface area contributed by atoms with Crippen molar-refractivity contribution in [3.8, 4) is 0 Å². The molecular formula is C22H39IN4O2. The zero-order chi connectivity index (χ0) is 20.4. The molecule has 0 aromatic carbocycles. The first-order valence-corrected chi connectivity index (χ1v) is 10.7. The van der Waals surface area contributed by atoms with Crippen molar-refractivity contribution < 1.29 is 4.74 Å². The molecule has 2 atom stereocenters. The van der Waals surface area contributed by atoms with Gasteiger partial charge in [-0.2, -0.15) is 0 Å². The van der Waals surface area contributed by atoms with E-state index < -0.39 is 0 Å². The van der Waals surface area contributed by atoms with Gasteiger partial charge in [0.2, 0.25) is 5.56 Å². The minimum absolute atomic E-state index is 0. The number of nitrogens with one attached hydrogen (secondary N) is 2. The van der Waals surface area contributed by atoms with Crippen LogP contribution >= 0.6 is 24.0 Å². The SMILES string of the molecule is CCNC(=NCC1CCCOC1C(C)(C)C)NCCCCn1ccccc1=O.I. The first-order chi connectivity index (χ1) is 13.4. The van der Waals surface area contributed by atoms with E-state index in [0.717, 1.165) is 58.0 Å². The Labute approximate surface area is 192 Å². The Bertz CT molecular complexity index is 669. The number of hydrogen-bond acceptors (Lipinski definition) is 3. The first-order valence-electron chi connectivity index (χ1n) is 10.7. The molecule has 2 N–H and O–H groups in total. The van der Waals surface area contributed by atoms with Gasteiger partial charge in [-0.1, -0.05) is 26.8 Å². The predicted octanol–water partition coefficient (Wildman–Crippen LogP) is 3.64. The molecule has 6 nitrogen and oxygen atoms in total. The van der Waals surface area contributed by atoms with Crippen LogP contribution < -0.4 is 16.2 Å². The third-order valence-corrected chi connectivity index (χ3v) is 5.14. The molecule has 2 rings (SSSR count). The van der Waals surface area contributed by atoms with Crippen molar-refractivity contribution >= 4 is 29.9 Å². The van der Waals surface area contributed by atoms with Gasteiger partial charge in [0.05, 0.1) is 6.10 Å². The van der Waals surface area contributed by atoms with Crippen LogP contribution in [0.15, 0.2) is 34.2 Å². The quantitative estimate of drug-likeness (QED) is 0.239. The molecule has 0 bridgehead atoms. The summed E-state index contributed by atoms with van der Waals surface area (Å²) in [6, 6.07) is 5.28. The van der Waals surface area contributed by atoms with Crippen molar-refractivity contribution in [1.29, 1.82) is 0 Å².